The molecule has 98 valence electrons. The first-order valence-electron chi connectivity index (χ1n) is 6.83. The van der Waals surface area contributed by atoms with Crippen LogP contribution in [-0.4, -0.2) is 18.5 Å². The Morgan fingerprint density at radius 2 is 2.22 bits per heavy atom. The van der Waals surface area contributed by atoms with E-state index in [2.05, 4.69) is 24.8 Å². The maximum Gasteiger partial charge on any atom is 0.250 e. The van der Waals surface area contributed by atoms with Gasteiger partial charge >= 0.3 is 0 Å². The molecular formula is C15H22N2O. The first-order chi connectivity index (χ1) is 8.65. The van der Waals surface area contributed by atoms with Crippen molar-refractivity contribution in [2.75, 3.05) is 11.4 Å². The van der Waals surface area contributed by atoms with Crippen molar-refractivity contribution in [3.05, 3.63) is 29.3 Å². The molecule has 1 saturated heterocycles. The van der Waals surface area contributed by atoms with Gasteiger partial charge in [-0.05, 0) is 44.2 Å². The number of benzene rings is 1. The molecule has 1 fully saturated rings. The van der Waals surface area contributed by atoms with E-state index < -0.39 is 0 Å². The molecule has 3 heteroatoms. The van der Waals surface area contributed by atoms with Gasteiger partial charge in [0.1, 0.15) is 0 Å². The van der Waals surface area contributed by atoms with E-state index in [-0.39, 0.29) is 5.91 Å². The van der Waals surface area contributed by atoms with Crippen LogP contribution in [-0.2, 0) is 6.42 Å². The zero-order valence-corrected chi connectivity index (χ0v) is 11.3. The lowest BCUT2D eigenvalue weighted by molar-refractivity contribution is 0.100. The largest absolute Gasteiger partial charge is 0.368 e. The van der Waals surface area contributed by atoms with E-state index in [9.17, 15) is 4.79 Å². The van der Waals surface area contributed by atoms with Gasteiger partial charge in [-0.1, -0.05) is 19.1 Å². The van der Waals surface area contributed by atoms with E-state index in [1.165, 1.54) is 24.8 Å². The van der Waals surface area contributed by atoms with Gasteiger partial charge in [-0.25, -0.2) is 0 Å². The molecule has 0 bridgehead atoms. The highest BCUT2D eigenvalue weighted by atomic mass is 16.1. The normalized spacial score (nSPS) is 19.9. The maximum atomic E-state index is 11.6. The summed E-state index contributed by atoms with van der Waals surface area (Å²) >= 11 is 0. The summed E-state index contributed by atoms with van der Waals surface area (Å²) in [5.41, 5.74) is 8.49. The quantitative estimate of drug-likeness (QED) is 0.891. The Kier molecular flexibility index (Phi) is 3.90. The molecule has 0 aliphatic carbocycles. The van der Waals surface area contributed by atoms with Gasteiger partial charge in [0.2, 0.25) is 0 Å². The zero-order valence-electron chi connectivity index (χ0n) is 11.3. The summed E-state index contributed by atoms with van der Waals surface area (Å²) in [7, 11) is 0. The molecule has 3 nitrogen and oxygen atoms in total. The molecule has 1 unspecified atom stereocenters. The highest BCUT2D eigenvalue weighted by Gasteiger charge is 2.24. The Morgan fingerprint density at radius 1 is 1.44 bits per heavy atom. The molecule has 1 atom stereocenters. The summed E-state index contributed by atoms with van der Waals surface area (Å²) in [6, 6.07) is 6.36. The number of para-hydroxylation sites is 1. The topological polar surface area (TPSA) is 46.3 Å². The van der Waals surface area contributed by atoms with Gasteiger partial charge in [-0.3, -0.25) is 4.79 Å². The van der Waals surface area contributed by atoms with Crippen LogP contribution in [0.3, 0.4) is 0 Å². The van der Waals surface area contributed by atoms with Crippen molar-refractivity contribution in [2.24, 2.45) is 5.73 Å². The highest BCUT2D eigenvalue weighted by Crippen LogP contribution is 2.31. The number of hydrogen-bond donors (Lipinski definition) is 1. The fraction of sp³-hybridized carbons (Fsp3) is 0.533. The summed E-state index contributed by atoms with van der Waals surface area (Å²) in [4.78, 5) is 14.0. The van der Waals surface area contributed by atoms with Crippen molar-refractivity contribution in [2.45, 2.75) is 45.6 Å². The van der Waals surface area contributed by atoms with Crippen LogP contribution in [0.1, 0.15) is 49.0 Å². The van der Waals surface area contributed by atoms with E-state index in [1.807, 2.05) is 12.1 Å². The Hall–Kier alpha value is -1.51. The Morgan fingerprint density at radius 3 is 2.83 bits per heavy atom. The monoisotopic (exact) mass is 246 g/mol. The van der Waals surface area contributed by atoms with Crippen LogP contribution in [0, 0.1) is 0 Å². The number of primary amides is 1. The number of anilines is 1. The number of nitrogens with two attached hydrogens (primary N) is 1. The molecule has 2 N–H and O–H groups in total. The first-order valence-corrected chi connectivity index (χ1v) is 6.83. The second-order valence-electron chi connectivity index (χ2n) is 5.07. The molecule has 1 aliphatic heterocycles. The molecule has 1 heterocycles. The molecule has 1 aromatic rings. The molecule has 1 aromatic carbocycles. The van der Waals surface area contributed by atoms with Gasteiger partial charge in [0.25, 0.3) is 5.91 Å². The molecule has 0 aromatic heterocycles. The number of nitrogens with zero attached hydrogens (tertiary/aromatic N) is 1. The molecule has 0 spiro atoms. The van der Waals surface area contributed by atoms with Gasteiger partial charge in [0.15, 0.2) is 0 Å². The number of hydrogen-bond acceptors (Lipinski definition) is 2. The number of piperidine rings is 1. The average Bonchev–Trinajstić information content (AvgIpc) is 2.38. The van der Waals surface area contributed by atoms with Crippen LogP contribution >= 0.6 is 0 Å². The molecule has 2 rings (SSSR count). The predicted molar refractivity (Wildman–Crippen MR) is 75.0 cm³/mol. The van der Waals surface area contributed by atoms with E-state index in [0.29, 0.717) is 11.6 Å². The molecule has 1 aliphatic rings. The third-order valence-corrected chi connectivity index (χ3v) is 3.86. The van der Waals surface area contributed by atoms with E-state index in [4.69, 9.17) is 5.73 Å². The van der Waals surface area contributed by atoms with E-state index in [0.717, 1.165) is 18.7 Å². The van der Waals surface area contributed by atoms with Gasteiger partial charge in [0.05, 0.1) is 11.3 Å². The second-order valence-corrected chi connectivity index (χ2v) is 5.07. The van der Waals surface area contributed by atoms with Crippen LogP contribution in [0.25, 0.3) is 0 Å². The van der Waals surface area contributed by atoms with Crippen molar-refractivity contribution in [1.29, 1.82) is 0 Å². The second kappa shape index (κ2) is 5.42. The smallest absolute Gasteiger partial charge is 0.250 e. The standard InChI is InChI=1S/C15H22N2O/c1-3-12-8-6-9-13(15(16)18)14(12)17-10-5-4-7-11(17)2/h6,8-9,11H,3-5,7,10H2,1-2H3,(H2,16,18). The molecule has 0 saturated carbocycles. The SMILES string of the molecule is CCc1cccc(C(N)=O)c1N1CCCCC1C. The predicted octanol–water partition coefficient (Wildman–Crippen LogP) is 2.73. The number of carbonyl (C=O) groups is 1. The minimum absolute atomic E-state index is 0.321. The number of amides is 1. The minimum atomic E-state index is -0.321. The average molecular weight is 246 g/mol. The van der Waals surface area contributed by atoms with Crippen LogP contribution in [0.5, 0.6) is 0 Å². The van der Waals surface area contributed by atoms with Crippen molar-refractivity contribution >= 4 is 11.6 Å². The third-order valence-electron chi connectivity index (χ3n) is 3.86. The molecular weight excluding hydrogens is 224 g/mol. The Balaban J connectivity index is 2.48. The maximum absolute atomic E-state index is 11.6. The van der Waals surface area contributed by atoms with Crippen molar-refractivity contribution in [1.82, 2.24) is 0 Å². The summed E-state index contributed by atoms with van der Waals surface area (Å²) < 4.78 is 0. The van der Waals surface area contributed by atoms with E-state index in [1.54, 1.807) is 0 Å². The number of carbonyl (C=O) groups excluding carboxylic acids is 1. The van der Waals surface area contributed by atoms with Crippen LogP contribution < -0.4 is 10.6 Å². The lowest BCUT2D eigenvalue weighted by atomic mass is 9.97. The van der Waals surface area contributed by atoms with Gasteiger partial charge in [0, 0.05) is 12.6 Å². The fourth-order valence-corrected chi connectivity index (χ4v) is 2.84. The lowest BCUT2D eigenvalue weighted by Crippen LogP contribution is -2.39. The molecule has 1 amide bonds. The molecule has 0 radical (unpaired) electrons. The van der Waals surface area contributed by atoms with Crippen molar-refractivity contribution < 1.29 is 4.79 Å². The number of rotatable bonds is 3. The minimum Gasteiger partial charge on any atom is -0.368 e. The summed E-state index contributed by atoms with van der Waals surface area (Å²) in [5, 5.41) is 0. The molecule has 18 heavy (non-hydrogen) atoms. The van der Waals surface area contributed by atoms with Crippen molar-refractivity contribution in [3.63, 3.8) is 0 Å². The van der Waals surface area contributed by atoms with Crippen LogP contribution in [0.2, 0.25) is 0 Å². The lowest BCUT2D eigenvalue weighted by Gasteiger charge is -2.37. The Labute approximate surface area is 109 Å². The highest BCUT2D eigenvalue weighted by molar-refractivity contribution is 5.99. The van der Waals surface area contributed by atoms with Crippen molar-refractivity contribution in [3.8, 4) is 0 Å². The van der Waals surface area contributed by atoms with Crippen LogP contribution in [0.4, 0.5) is 5.69 Å². The first kappa shape index (κ1) is 12.9. The van der Waals surface area contributed by atoms with Crippen LogP contribution in [0.15, 0.2) is 18.2 Å². The van der Waals surface area contributed by atoms with Gasteiger partial charge in [-0.2, -0.15) is 0 Å². The Bertz CT molecular complexity index is 442. The zero-order chi connectivity index (χ0) is 13.1. The fourth-order valence-electron chi connectivity index (χ4n) is 2.84. The summed E-state index contributed by atoms with van der Waals surface area (Å²) in [6.07, 6.45) is 4.59. The van der Waals surface area contributed by atoms with Gasteiger partial charge < -0.3 is 10.6 Å². The number of aryl methyl sites for hydroxylation is 1. The summed E-state index contributed by atoms with van der Waals surface area (Å²) in [5.74, 6) is -0.321. The summed E-state index contributed by atoms with van der Waals surface area (Å²) in [6.45, 7) is 5.38. The third kappa shape index (κ3) is 2.35. The van der Waals surface area contributed by atoms with Gasteiger partial charge in [-0.15, -0.1) is 0 Å². The van der Waals surface area contributed by atoms with E-state index >= 15 is 0 Å².